The second-order valence-electron chi connectivity index (χ2n) is 9.94. The summed E-state index contributed by atoms with van der Waals surface area (Å²) in [6.45, 7) is 2.29. The lowest BCUT2D eigenvalue weighted by molar-refractivity contribution is -0.138. The van der Waals surface area contributed by atoms with E-state index in [-0.39, 0.29) is 12.2 Å². The number of hydrogen-bond donors (Lipinski definition) is 0. The Morgan fingerprint density at radius 2 is 1.70 bits per heavy atom. The quantitative estimate of drug-likeness (QED) is 0.166. The van der Waals surface area contributed by atoms with E-state index in [1.165, 1.54) is 11.3 Å². The molecule has 0 spiro atoms. The molecule has 0 radical (unpaired) electrons. The molecule has 220 valence electrons. The van der Waals surface area contributed by atoms with E-state index in [0.29, 0.717) is 43.5 Å². The van der Waals surface area contributed by atoms with E-state index in [0.717, 1.165) is 21.2 Å². The lowest BCUT2D eigenvalue weighted by Gasteiger charge is -2.25. The summed E-state index contributed by atoms with van der Waals surface area (Å²) in [4.78, 5) is 33.2. The molecule has 44 heavy (non-hydrogen) atoms. The largest absolute Gasteiger partial charge is 0.488 e. The van der Waals surface area contributed by atoms with Crippen LogP contribution in [0.15, 0.2) is 123 Å². The van der Waals surface area contributed by atoms with Gasteiger partial charge in [0.2, 0.25) is 0 Å². The number of nitrogens with zero attached hydrogens (tertiary/aromatic N) is 2. The molecule has 1 atom stereocenters. The summed E-state index contributed by atoms with van der Waals surface area (Å²) >= 11 is 11.1. The van der Waals surface area contributed by atoms with Crippen LogP contribution in [0.25, 0.3) is 11.8 Å². The molecule has 1 aliphatic heterocycles. The molecule has 0 fully saturated rings. The highest BCUT2D eigenvalue weighted by Gasteiger charge is 2.35. The van der Waals surface area contributed by atoms with Gasteiger partial charge in [-0.05, 0) is 54.5 Å². The number of fused-ring (bicyclic) bond motifs is 1. The number of esters is 1. The molecule has 0 saturated carbocycles. The number of halogens is 2. The first-order valence-corrected chi connectivity index (χ1v) is 15.9. The van der Waals surface area contributed by atoms with Crippen molar-refractivity contribution in [3.63, 3.8) is 0 Å². The average Bonchev–Trinajstić information content (AvgIpc) is 3.35. The molecular formula is C35H26BrClN2O4S. The van der Waals surface area contributed by atoms with Gasteiger partial charge in [0.05, 0.1) is 28.5 Å². The molecule has 0 N–H and O–H groups in total. The molecule has 4 aromatic carbocycles. The normalized spacial score (nSPS) is 14.6. The smallest absolute Gasteiger partial charge is 0.338 e. The molecule has 0 unspecified atom stereocenters. The summed E-state index contributed by atoms with van der Waals surface area (Å²) in [5.74, 6) is 0.0663. The molecule has 1 aliphatic rings. The monoisotopic (exact) mass is 684 g/mol. The highest BCUT2D eigenvalue weighted by molar-refractivity contribution is 9.10. The summed E-state index contributed by atoms with van der Waals surface area (Å²) in [5.41, 5.74) is 3.69. The lowest BCUT2D eigenvalue weighted by atomic mass is 9.93. The fraction of sp³-hybridized carbons (Fsp3) is 0.114. The summed E-state index contributed by atoms with van der Waals surface area (Å²) in [6, 6.07) is 31.4. The topological polar surface area (TPSA) is 69.9 Å². The van der Waals surface area contributed by atoms with Gasteiger partial charge in [0.25, 0.3) is 5.56 Å². The van der Waals surface area contributed by atoms with Crippen molar-refractivity contribution in [3.05, 3.63) is 160 Å². The predicted molar refractivity (Wildman–Crippen MR) is 177 cm³/mol. The first-order valence-electron chi connectivity index (χ1n) is 13.9. The molecular weight excluding hydrogens is 660 g/mol. The number of carbonyl (C=O) groups is 1. The number of thiazole rings is 1. The Kier molecular flexibility index (Phi) is 8.93. The van der Waals surface area contributed by atoms with Crippen molar-refractivity contribution in [2.75, 3.05) is 6.61 Å². The first kappa shape index (κ1) is 29.8. The standard InChI is InChI=1S/C35H26BrClN2O4S/c1-2-42-34(41)30-31(23-9-5-3-6-10-23)38-35-39(32(30)24-11-7-4-8-12-24)33(40)29(44-35)20-25-19-27(37)17-18-28(25)43-21-22-13-15-26(36)16-14-22/h3-20,32H,2,21H2,1H3/b29-20-/t32-/m0/s1. The van der Waals surface area contributed by atoms with E-state index in [1.54, 1.807) is 35.8 Å². The second-order valence-corrected chi connectivity index (χ2v) is 12.3. The van der Waals surface area contributed by atoms with E-state index in [9.17, 15) is 9.59 Å². The zero-order chi connectivity index (χ0) is 30.6. The van der Waals surface area contributed by atoms with Crippen molar-refractivity contribution in [1.29, 1.82) is 0 Å². The number of carbonyl (C=O) groups excluding carboxylic acids is 1. The third-order valence-electron chi connectivity index (χ3n) is 7.06. The van der Waals surface area contributed by atoms with Crippen LogP contribution in [0, 0.1) is 0 Å². The van der Waals surface area contributed by atoms with Gasteiger partial charge in [0.1, 0.15) is 12.4 Å². The zero-order valence-corrected chi connectivity index (χ0v) is 26.7. The van der Waals surface area contributed by atoms with Crippen LogP contribution in [0.4, 0.5) is 0 Å². The number of rotatable bonds is 8. The maximum atomic E-state index is 14.2. The van der Waals surface area contributed by atoms with E-state index in [4.69, 9.17) is 26.1 Å². The molecule has 9 heteroatoms. The van der Waals surface area contributed by atoms with Gasteiger partial charge in [-0.2, -0.15) is 0 Å². The maximum absolute atomic E-state index is 14.2. The summed E-state index contributed by atoms with van der Waals surface area (Å²) in [7, 11) is 0. The van der Waals surface area contributed by atoms with Crippen LogP contribution in [-0.2, 0) is 16.1 Å². The Morgan fingerprint density at radius 3 is 2.41 bits per heavy atom. The van der Waals surface area contributed by atoms with E-state index in [2.05, 4.69) is 15.9 Å². The SMILES string of the molecule is CCOC(=O)C1=C(c2ccccc2)N=c2s/c(=C\c3cc(Cl)ccc3OCc3ccc(Br)cc3)c(=O)n2[C@H]1c1ccccc1. The fourth-order valence-electron chi connectivity index (χ4n) is 5.04. The maximum Gasteiger partial charge on any atom is 0.338 e. The minimum atomic E-state index is -0.739. The Morgan fingerprint density at radius 1 is 1.00 bits per heavy atom. The van der Waals surface area contributed by atoms with Crippen molar-refractivity contribution in [1.82, 2.24) is 4.57 Å². The number of hydrogen-bond acceptors (Lipinski definition) is 6. The fourth-order valence-corrected chi connectivity index (χ4v) is 6.47. The average molecular weight is 686 g/mol. The molecule has 1 aromatic heterocycles. The van der Waals surface area contributed by atoms with Gasteiger partial charge in [-0.1, -0.05) is 112 Å². The number of ether oxygens (including phenoxy) is 2. The van der Waals surface area contributed by atoms with Crippen molar-refractivity contribution >= 4 is 56.6 Å². The molecule has 0 amide bonds. The molecule has 0 bridgehead atoms. The van der Waals surface area contributed by atoms with Crippen LogP contribution >= 0.6 is 38.9 Å². The minimum Gasteiger partial charge on any atom is -0.488 e. The molecule has 0 aliphatic carbocycles. The first-order chi connectivity index (χ1) is 21.4. The van der Waals surface area contributed by atoms with Crippen molar-refractivity contribution < 1.29 is 14.3 Å². The molecule has 0 saturated heterocycles. The second kappa shape index (κ2) is 13.2. The lowest BCUT2D eigenvalue weighted by Crippen LogP contribution is -2.40. The Balaban J connectivity index is 1.52. The van der Waals surface area contributed by atoms with Gasteiger partial charge in [0.15, 0.2) is 4.80 Å². The van der Waals surface area contributed by atoms with Gasteiger partial charge >= 0.3 is 5.97 Å². The van der Waals surface area contributed by atoms with Gasteiger partial charge < -0.3 is 9.47 Å². The van der Waals surface area contributed by atoms with Crippen LogP contribution in [0.3, 0.4) is 0 Å². The van der Waals surface area contributed by atoms with Crippen LogP contribution in [0.2, 0.25) is 5.02 Å². The zero-order valence-electron chi connectivity index (χ0n) is 23.6. The summed E-state index contributed by atoms with van der Waals surface area (Å²) in [6.07, 6.45) is 1.77. The van der Waals surface area contributed by atoms with Crippen LogP contribution in [-0.4, -0.2) is 17.1 Å². The van der Waals surface area contributed by atoms with Crippen molar-refractivity contribution in [3.8, 4) is 5.75 Å². The van der Waals surface area contributed by atoms with E-state index >= 15 is 0 Å². The van der Waals surface area contributed by atoms with Crippen molar-refractivity contribution in [2.45, 2.75) is 19.6 Å². The van der Waals surface area contributed by atoms with Gasteiger partial charge in [0, 0.05) is 20.6 Å². The molecule has 6 rings (SSSR count). The van der Waals surface area contributed by atoms with Gasteiger partial charge in [-0.3, -0.25) is 9.36 Å². The molecule has 2 heterocycles. The van der Waals surface area contributed by atoms with E-state index in [1.807, 2.05) is 84.9 Å². The Labute approximate surface area is 271 Å². The summed E-state index contributed by atoms with van der Waals surface area (Å²) in [5, 5.41) is 0.512. The highest BCUT2D eigenvalue weighted by atomic mass is 79.9. The van der Waals surface area contributed by atoms with Crippen LogP contribution < -0.4 is 19.6 Å². The third-order valence-corrected chi connectivity index (χ3v) is 8.80. The van der Waals surface area contributed by atoms with Crippen LogP contribution in [0.5, 0.6) is 5.75 Å². The highest BCUT2D eigenvalue weighted by Crippen LogP contribution is 2.35. The van der Waals surface area contributed by atoms with E-state index < -0.39 is 12.0 Å². The van der Waals surface area contributed by atoms with Crippen LogP contribution in [0.1, 0.15) is 35.2 Å². The Bertz CT molecular complexity index is 2040. The van der Waals surface area contributed by atoms with Gasteiger partial charge in [-0.25, -0.2) is 9.79 Å². The summed E-state index contributed by atoms with van der Waals surface area (Å²) < 4.78 is 14.7. The minimum absolute atomic E-state index is 0.189. The van der Waals surface area contributed by atoms with Gasteiger partial charge in [-0.15, -0.1) is 0 Å². The predicted octanol–water partition coefficient (Wildman–Crippen LogP) is 6.93. The van der Waals surface area contributed by atoms with Crippen molar-refractivity contribution in [2.24, 2.45) is 4.99 Å². The number of benzene rings is 4. The molecule has 5 aromatic rings. The molecule has 6 nitrogen and oxygen atoms in total. The number of aromatic nitrogens is 1. The third kappa shape index (κ3) is 6.19. The Hall–Kier alpha value is -4.24.